The van der Waals surface area contributed by atoms with Gasteiger partial charge in [-0.3, -0.25) is 4.79 Å². The van der Waals surface area contributed by atoms with Gasteiger partial charge in [-0.05, 0) is 19.1 Å². The minimum atomic E-state index is -3.37. The SMILES string of the molecule is CC[NH+]1CCN(S(=O)(=O)CCNC(=O)c2ccc(OC)cc2OC)CC1. The van der Waals surface area contributed by atoms with Gasteiger partial charge >= 0.3 is 0 Å². The van der Waals surface area contributed by atoms with Crippen molar-refractivity contribution in [1.29, 1.82) is 0 Å². The van der Waals surface area contributed by atoms with Gasteiger partial charge in [0, 0.05) is 12.6 Å². The first-order valence-electron chi connectivity index (χ1n) is 8.73. The Kier molecular flexibility index (Phi) is 7.24. The predicted octanol–water partition coefficient (Wildman–Crippen LogP) is -1.02. The highest BCUT2D eigenvalue weighted by molar-refractivity contribution is 7.89. The molecule has 2 rings (SSSR count). The molecule has 146 valence electrons. The first kappa shape index (κ1) is 20.5. The molecule has 0 aliphatic carbocycles. The van der Waals surface area contributed by atoms with E-state index in [2.05, 4.69) is 12.2 Å². The van der Waals surface area contributed by atoms with E-state index in [4.69, 9.17) is 9.47 Å². The van der Waals surface area contributed by atoms with E-state index in [1.54, 1.807) is 18.2 Å². The molecule has 26 heavy (non-hydrogen) atoms. The largest absolute Gasteiger partial charge is 0.497 e. The normalized spacial score (nSPS) is 16.3. The topological polar surface area (TPSA) is 89.4 Å². The number of nitrogens with one attached hydrogen (secondary N) is 2. The van der Waals surface area contributed by atoms with Crippen molar-refractivity contribution in [3.05, 3.63) is 23.8 Å². The second-order valence-corrected chi connectivity index (χ2v) is 8.23. The smallest absolute Gasteiger partial charge is 0.255 e. The molecule has 1 heterocycles. The molecule has 0 saturated carbocycles. The van der Waals surface area contributed by atoms with Crippen LogP contribution in [-0.4, -0.2) is 77.9 Å². The van der Waals surface area contributed by atoms with Crippen LogP contribution in [0, 0.1) is 0 Å². The van der Waals surface area contributed by atoms with Gasteiger partial charge in [-0.1, -0.05) is 0 Å². The molecule has 0 spiro atoms. The lowest BCUT2D eigenvalue weighted by Crippen LogP contribution is -3.14. The van der Waals surface area contributed by atoms with E-state index in [1.165, 1.54) is 23.4 Å². The quantitative estimate of drug-likeness (QED) is 0.597. The van der Waals surface area contributed by atoms with Crippen molar-refractivity contribution in [2.75, 3.05) is 59.2 Å². The molecule has 0 aromatic heterocycles. The van der Waals surface area contributed by atoms with Crippen LogP contribution in [0.1, 0.15) is 17.3 Å². The van der Waals surface area contributed by atoms with Gasteiger partial charge < -0.3 is 19.7 Å². The number of hydrogen-bond acceptors (Lipinski definition) is 5. The molecular weight excluding hydrogens is 358 g/mol. The summed E-state index contributed by atoms with van der Waals surface area (Å²) >= 11 is 0. The van der Waals surface area contributed by atoms with Gasteiger partial charge in [-0.25, -0.2) is 8.42 Å². The lowest BCUT2D eigenvalue weighted by atomic mass is 10.2. The van der Waals surface area contributed by atoms with E-state index >= 15 is 0 Å². The van der Waals surface area contributed by atoms with Crippen LogP contribution in [-0.2, 0) is 10.0 Å². The number of piperazine rings is 1. The highest BCUT2D eigenvalue weighted by Gasteiger charge is 2.28. The van der Waals surface area contributed by atoms with Crippen LogP contribution in [0.5, 0.6) is 11.5 Å². The zero-order valence-corrected chi connectivity index (χ0v) is 16.4. The number of carbonyl (C=O) groups excluding carboxylic acids is 1. The summed E-state index contributed by atoms with van der Waals surface area (Å²) in [5.41, 5.74) is 0.339. The van der Waals surface area contributed by atoms with Crippen molar-refractivity contribution in [3.8, 4) is 11.5 Å². The fourth-order valence-corrected chi connectivity index (χ4v) is 4.30. The van der Waals surface area contributed by atoms with Crippen molar-refractivity contribution in [2.24, 2.45) is 0 Å². The van der Waals surface area contributed by atoms with Crippen molar-refractivity contribution in [3.63, 3.8) is 0 Å². The van der Waals surface area contributed by atoms with Crippen molar-refractivity contribution >= 4 is 15.9 Å². The summed E-state index contributed by atoms with van der Waals surface area (Å²) in [5.74, 6) is 0.469. The molecule has 2 N–H and O–H groups in total. The van der Waals surface area contributed by atoms with E-state index in [0.29, 0.717) is 30.2 Å². The van der Waals surface area contributed by atoms with Gasteiger partial charge in [0.05, 0.1) is 58.3 Å². The Bertz CT molecular complexity index is 715. The molecule has 0 unspecified atom stereocenters. The monoisotopic (exact) mass is 386 g/mol. The Morgan fingerprint density at radius 2 is 1.92 bits per heavy atom. The lowest BCUT2D eigenvalue weighted by molar-refractivity contribution is -0.901. The highest BCUT2D eigenvalue weighted by atomic mass is 32.2. The average Bonchev–Trinajstić information content (AvgIpc) is 2.67. The molecular formula is C17H28N3O5S+. The Labute approximate surface area is 155 Å². The second-order valence-electron chi connectivity index (χ2n) is 6.14. The lowest BCUT2D eigenvalue weighted by Gasteiger charge is -2.30. The molecule has 1 aliphatic heterocycles. The third kappa shape index (κ3) is 5.09. The van der Waals surface area contributed by atoms with E-state index in [0.717, 1.165) is 19.6 Å². The van der Waals surface area contributed by atoms with E-state index in [9.17, 15) is 13.2 Å². The zero-order valence-electron chi connectivity index (χ0n) is 15.6. The Morgan fingerprint density at radius 3 is 2.50 bits per heavy atom. The van der Waals surface area contributed by atoms with Crippen molar-refractivity contribution < 1.29 is 27.6 Å². The van der Waals surface area contributed by atoms with Crippen LogP contribution in [0.15, 0.2) is 18.2 Å². The summed E-state index contributed by atoms with van der Waals surface area (Å²) in [7, 11) is -0.370. The number of carbonyl (C=O) groups is 1. The summed E-state index contributed by atoms with van der Waals surface area (Å²) in [4.78, 5) is 13.7. The van der Waals surface area contributed by atoms with E-state index < -0.39 is 10.0 Å². The average molecular weight is 386 g/mol. The Balaban J connectivity index is 1.90. The number of amides is 1. The van der Waals surface area contributed by atoms with Crippen LogP contribution in [0.3, 0.4) is 0 Å². The number of rotatable bonds is 8. The second kappa shape index (κ2) is 9.20. The molecule has 1 fully saturated rings. The molecule has 0 atom stereocenters. The van der Waals surface area contributed by atoms with Crippen LogP contribution < -0.4 is 19.7 Å². The van der Waals surface area contributed by atoms with Gasteiger partial charge in [-0.2, -0.15) is 4.31 Å². The van der Waals surface area contributed by atoms with Crippen molar-refractivity contribution in [1.82, 2.24) is 9.62 Å². The fraction of sp³-hybridized carbons (Fsp3) is 0.588. The summed E-state index contributed by atoms with van der Waals surface area (Å²) in [6.45, 7) is 5.88. The molecule has 1 amide bonds. The molecule has 1 aromatic rings. The number of quaternary nitrogens is 1. The van der Waals surface area contributed by atoms with Crippen LogP contribution in [0.4, 0.5) is 0 Å². The molecule has 9 heteroatoms. The highest BCUT2D eigenvalue weighted by Crippen LogP contribution is 2.24. The van der Waals surface area contributed by atoms with Gasteiger partial charge in [0.2, 0.25) is 10.0 Å². The number of hydrogen-bond donors (Lipinski definition) is 2. The first-order valence-corrected chi connectivity index (χ1v) is 10.3. The number of sulfonamides is 1. The van der Waals surface area contributed by atoms with E-state index in [-0.39, 0.29) is 18.2 Å². The zero-order chi connectivity index (χ0) is 19.2. The van der Waals surface area contributed by atoms with Gasteiger partial charge in [-0.15, -0.1) is 0 Å². The third-order valence-corrected chi connectivity index (χ3v) is 6.49. The molecule has 1 aliphatic rings. The Morgan fingerprint density at radius 1 is 1.23 bits per heavy atom. The van der Waals surface area contributed by atoms with E-state index in [1.807, 2.05) is 0 Å². The van der Waals surface area contributed by atoms with Gasteiger partial charge in [0.25, 0.3) is 5.91 Å². The maximum atomic E-state index is 12.4. The van der Waals surface area contributed by atoms with Crippen LogP contribution in [0.25, 0.3) is 0 Å². The minimum absolute atomic E-state index is 0.0528. The summed E-state index contributed by atoms with van der Waals surface area (Å²) in [6, 6.07) is 4.86. The van der Waals surface area contributed by atoms with Gasteiger partial charge in [0.15, 0.2) is 0 Å². The number of likely N-dealkylation sites (N-methyl/N-ethyl adjacent to an activating group) is 1. The summed E-state index contributed by atoms with van der Waals surface area (Å²) in [5, 5.41) is 2.66. The predicted molar refractivity (Wildman–Crippen MR) is 98.5 cm³/mol. The standard InChI is InChI=1S/C17H27N3O5S/c1-4-19-8-10-20(11-9-19)26(22,23)12-7-18-17(21)15-6-5-14(24-2)13-16(15)25-3/h5-6,13H,4,7-12H2,1-3H3,(H,18,21)/p+1. The fourth-order valence-electron chi connectivity index (χ4n) is 2.94. The number of ether oxygens (including phenoxy) is 2. The van der Waals surface area contributed by atoms with Crippen LogP contribution in [0.2, 0.25) is 0 Å². The minimum Gasteiger partial charge on any atom is -0.497 e. The number of methoxy groups -OCH3 is 2. The molecule has 0 bridgehead atoms. The molecule has 8 nitrogen and oxygen atoms in total. The number of benzene rings is 1. The maximum absolute atomic E-state index is 12.4. The van der Waals surface area contributed by atoms with Crippen LogP contribution >= 0.6 is 0 Å². The summed E-state index contributed by atoms with van der Waals surface area (Å²) < 4.78 is 36.7. The first-order chi connectivity index (χ1) is 12.4. The van der Waals surface area contributed by atoms with Crippen molar-refractivity contribution in [2.45, 2.75) is 6.92 Å². The molecule has 1 saturated heterocycles. The molecule has 1 aromatic carbocycles. The van der Waals surface area contributed by atoms with Gasteiger partial charge in [0.1, 0.15) is 11.5 Å². The number of nitrogens with zero attached hydrogens (tertiary/aromatic N) is 1. The Hall–Kier alpha value is -1.84. The maximum Gasteiger partial charge on any atom is 0.255 e. The molecule has 0 radical (unpaired) electrons. The third-order valence-electron chi connectivity index (χ3n) is 4.62. The summed E-state index contributed by atoms with van der Waals surface area (Å²) in [6.07, 6.45) is 0.